The number of carbonyl (C=O) groups is 2. The first-order valence-corrected chi connectivity index (χ1v) is 7.15. The summed E-state index contributed by atoms with van der Waals surface area (Å²) in [7, 11) is 0. The van der Waals surface area contributed by atoms with E-state index in [1.807, 2.05) is 0 Å². The Morgan fingerprint density at radius 1 is 1.12 bits per heavy atom. The van der Waals surface area contributed by atoms with Crippen molar-refractivity contribution in [3.05, 3.63) is 65.5 Å². The van der Waals surface area contributed by atoms with Crippen molar-refractivity contribution in [1.29, 1.82) is 0 Å². The summed E-state index contributed by atoms with van der Waals surface area (Å²) >= 11 is 0. The van der Waals surface area contributed by atoms with Gasteiger partial charge in [0, 0.05) is 11.1 Å². The number of esters is 1. The van der Waals surface area contributed by atoms with Gasteiger partial charge in [0.25, 0.3) is 0 Å². The molecule has 0 aliphatic carbocycles. The summed E-state index contributed by atoms with van der Waals surface area (Å²) in [5.41, 5.74) is 0.666. The Balaban J connectivity index is 1.80. The zero-order valence-electron chi connectivity index (χ0n) is 12.9. The van der Waals surface area contributed by atoms with Crippen LogP contribution in [0.1, 0.15) is 26.6 Å². The number of rotatable bonds is 4. The fourth-order valence-corrected chi connectivity index (χ4v) is 2.02. The Morgan fingerprint density at radius 2 is 1.85 bits per heavy atom. The molecule has 0 fully saturated rings. The van der Waals surface area contributed by atoms with Crippen molar-refractivity contribution in [3.8, 4) is 17.1 Å². The molecule has 3 rings (SSSR count). The summed E-state index contributed by atoms with van der Waals surface area (Å²) in [5.74, 6) is -2.30. The van der Waals surface area contributed by atoms with Crippen molar-refractivity contribution >= 4 is 12.3 Å². The number of halogens is 3. The van der Waals surface area contributed by atoms with Gasteiger partial charge in [0.05, 0.1) is 5.56 Å². The third-order valence-corrected chi connectivity index (χ3v) is 3.25. The van der Waals surface area contributed by atoms with Gasteiger partial charge in [-0.3, -0.25) is 4.79 Å². The van der Waals surface area contributed by atoms with Gasteiger partial charge in [0.15, 0.2) is 0 Å². The molecule has 0 bridgehead atoms. The first-order valence-electron chi connectivity index (χ1n) is 7.15. The smallest absolute Gasteiger partial charge is 0.423 e. The molecule has 2 aromatic carbocycles. The predicted molar refractivity (Wildman–Crippen MR) is 81.5 cm³/mol. The molecule has 0 saturated heterocycles. The van der Waals surface area contributed by atoms with Crippen LogP contribution in [0.2, 0.25) is 0 Å². The molecule has 3 aromatic rings. The molecule has 0 saturated carbocycles. The summed E-state index contributed by atoms with van der Waals surface area (Å²) in [6, 6.07) is 11.4. The average molecular weight is 362 g/mol. The second-order valence-corrected chi connectivity index (χ2v) is 5.08. The number of hydrogen-bond acceptors (Lipinski definition) is 6. The van der Waals surface area contributed by atoms with E-state index in [9.17, 15) is 22.8 Å². The second-order valence-electron chi connectivity index (χ2n) is 5.08. The predicted octanol–water partition coefficient (Wildman–Crippen LogP) is 3.79. The molecule has 0 spiro atoms. The van der Waals surface area contributed by atoms with Gasteiger partial charge in [-0.15, -0.1) is 0 Å². The van der Waals surface area contributed by atoms with Gasteiger partial charge in [-0.05, 0) is 36.4 Å². The molecule has 26 heavy (non-hydrogen) atoms. The highest BCUT2D eigenvalue weighted by molar-refractivity contribution is 5.92. The van der Waals surface area contributed by atoms with Crippen molar-refractivity contribution in [1.82, 2.24) is 10.1 Å². The van der Waals surface area contributed by atoms with Gasteiger partial charge in [-0.2, -0.15) is 18.2 Å². The number of ether oxygens (including phenoxy) is 1. The number of nitrogens with zero attached hydrogens (tertiary/aromatic N) is 2. The molecule has 0 amide bonds. The van der Waals surface area contributed by atoms with Gasteiger partial charge in [-0.25, -0.2) is 4.79 Å². The summed E-state index contributed by atoms with van der Waals surface area (Å²) in [6.45, 7) is 0. The number of carbonyl (C=O) groups excluding carboxylic acids is 2. The summed E-state index contributed by atoms with van der Waals surface area (Å²) < 4.78 is 46.9. The van der Waals surface area contributed by atoms with Gasteiger partial charge >= 0.3 is 18.0 Å². The van der Waals surface area contributed by atoms with Crippen LogP contribution in [-0.4, -0.2) is 22.4 Å². The van der Waals surface area contributed by atoms with Crippen LogP contribution in [0.5, 0.6) is 5.75 Å². The summed E-state index contributed by atoms with van der Waals surface area (Å²) in [5, 5.41) is 3.27. The van der Waals surface area contributed by atoms with Gasteiger partial charge in [0.2, 0.25) is 5.82 Å². The van der Waals surface area contributed by atoms with Crippen LogP contribution in [0.25, 0.3) is 11.4 Å². The lowest BCUT2D eigenvalue weighted by Crippen LogP contribution is -2.08. The summed E-state index contributed by atoms with van der Waals surface area (Å²) in [4.78, 5) is 26.0. The molecule has 132 valence electrons. The van der Waals surface area contributed by atoms with E-state index in [0.29, 0.717) is 11.8 Å². The fraction of sp³-hybridized carbons (Fsp3) is 0.0588. The van der Waals surface area contributed by atoms with Crippen molar-refractivity contribution in [2.75, 3.05) is 0 Å². The molecular formula is C17H9F3N2O4. The van der Waals surface area contributed by atoms with Crippen LogP contribution >= 0.6 is 0 Å². The maximum Gasteiger partial charge on any atom is 0.471 e. The molecule has 0 atom stereocenters. The maximum absolute atomic E-state index is 12.5. The van der Waals surface area contributed by atoms with Gasteiger partial charge < -0.3 is 9.26 Å². The zero-order chi connectivity index (χ0) is 18.7. The van der Waals surface area contributed by atoms with Crippen LogP contribution in [0.15, 0.2) is 53.1 Å². The van der Waals surface area contributed by atoms with Crippen LogP contribution < -0.4 is 4.74 Å². The highest BCUT2D eigenvalue weighted by Crippen LogP contribution is 2.29. The first kappa shape index (κ1) is 17.3. The van der Waals surface area contributed by atoms with E-state index >= 15 is 0 Å². The maximum atomic E-state index is 12.5. The minimum atomic E-state index is -4.75. The Morgan fingerprint density at radius 3 is 2.46 bits per heavy atom. The largest absolute Gasteiger partial charge is 0.471 e. The highest BCUT2D eigenvalue weighted by atomic mass is 19.4. The zero-order valence-corrected chi connectivity index (χ0v) is 12.9. The SMILES string of the molecule is O=Cc1ccc(OC(=O)c2cccc(-c3noc(C(F)(F)F)n3)c2)cc1. The van der Waals surface area contributed by atoms with Gasteiger partial charge in [0.1, 0.15) is 12.0 Å². The van der Waals surface area contributed by atoms with Crippen LogP contribution in [0, 0.1) is 0 Å². The third-order valence-electron chi connectivity index (χ3n) is 3.25. The van der Waals surface area contributed by atoms with Crippen LogP contribution in [0.3, 0.4) is 0 Å². The molecular weight excluding hydrogens is 353 g/mol. The van der Waals surface area contributed by atoms with Gasteiger partial charge in [-0.1, -0.05) is 17.3 Å². The average Bonchev–Trinajstić information content (AvgIpc) is 3.13. The van der Waals surface area contributed by atoms with E-state index < -0.39 is 18.0 Å². The van der Waals surface area contributed by atoms with Crippen LogP contribution in [0.4, 0.5) is 13.2 Å². The Hall–Kier alpha value is -3.49. The molecule has 6 nitrogen and oxygen atoms in total. The topological polar surface area (TPSA) is 82.3 Å². The van der Waals surface area contributed by atoms with E-state index in [2.05, 4.69) is 14.7 Å². The summed E-state index contributed by atoms with van der Waals surface area (Å²) in [6.07, 6.45) is -4.11. The van der Waals surface area contributed by atoms with E-state index in [4.69, 9.17) is 4.74 Å². The number of aromatic nitrogens is 2. The molecule has 0 N–H and O–H groups in total. The normalized spacial score (nSPS) is 11.2. The van der Waals surface area contributed by atoms with Crippen LogP contribution in [-0.2, 0) is 6.18 Å². The Bertz CT molecular complexity index is 949. The second kappa shape index (κ2) is 6.79. The lowest BCUT2D eigenvalue weighted by Gasteiger charge is -2.05. The monoisotopic (exact) mass is 362 g/mol. The molecule has 1 heterocycles. The lowest BCUT2D eigenvalue weighted by molar-refractivity contribution is -0.159. The number of hydrogen-bond donors (Lipinski definition) is 0. The quantitative estimate of drug-likeness (QED) is 0.399. The number of alkyl halides is 3. The van der Waals surface area contributed by atoms with E-state index in [1.165, 1.54) is 48.5 Å². The highest BCUT2D eigenvalue weighted by Gasteiger charge is 2.38. The molecule has 0 aliphatic rings. The Labute approximate surface area is 144 Å². The Kier molecular flexibility index (Phi) is 4.53. The molecule has 0 radical (unpaired) electrons. The van der Waals surface area contributed by atoms with Crippen molar-refractivity contribution in [3.63, 3.8) is 0 Å². The number of aldehydes is 1. The molecule has 1 aromatic heterocycles. The van der Waals surface area contributed by atoms with Crippen molar-refractivity contribution in [2.45, 2.75) is 6.18 Å². The minimum absolute atomic E-state index is 0.0836. The van der Waals surface area contributed by atoms with E-state index in [1.54, 1.807) is 0 Å². The van der Waals surface area contributed by atoms with E-state index in [0.717, 1.165) is 0 Å². The third kappa shape index (κ3) is 3.77. The van der Waals surface area contributed by atoms with Crippen molar-refractivity contribution < 1.29 is 32.0 Å². The molecule has 9 heteroatoms. The number of benzene rings is 2. The first-order chi connectivity index (χ1) is 12.4. The van der Waals surface area contributed by atoms with Crippen molar-refractivity contribution in [2.24, 2.45) is 0 Å². The lowest BCUT2D eigenvalue weighted by atomic mass is 10.1. The molecule has 0 unspecified atom stereocenters. The van der Waals surface area contributed by atoms with E-state index in [-0.39, 0.29) is 22.7 Å². The molecule has 0 aliphatic heterocycles. The minimum Gasteiger partial charge on any atom is -0.423 e. The fourth-order valence-electron chi connectivity index (χ4n) is 2.02. The standard InChI is InChI=1S/C17H9F3N2O4/c18-17(19,20)16-21-14(22-26-16)11-2-1-3-12(8-11)15(24)25-13-6-4-10(9-23)5-7-13/h1-9H.